The lowest BCUT2D eigenvalue weighted by Gasteiger charge is -2.32. The number of benzene rings is 1. The van der Waals surface area contributed by atoms with Gasteiger partial charge in [0.2, 0.25) is 0 Å². The van der Waals surface area contributed by atoms with Crippen LogP contribution in [-0.2, 0) is 13.6 Å². The molecule has 112 valence electrons. The van der Waals surface area contributed by atoms with E-state index < -0.39 is 0 Å². The van der Waals surface area contributed by atoms with Crippen LogP contribution in [0.2, 0.25) is 0 Å². The molecule has 2 heterocycles. The fourth-order valence-corrected chi connectivity index (χ4v) is 3.09. The molecule has 0 amide bonds. The third kappa shape index (κ3) is 2.56. The molecule has 0 bridgehead atoms. The fraction of sp³-hybridized carbons (Fsp3) is 0.471. The van der Waals surface area contributed by atoms with E-state index >= 15 is 0 Å². The monoisotopic (exact) mass is 285 g/mol. The Kier molecular flexibility index (Phi) is 3.72. The number of hydrogen-bond donors (Lipinski definition) is 1. The number of nitrogens with one attached hydrogen (secondary N) is 1. The van der Waals surface area contributed by atoms with Crippen LogP contribution in [0.1, 0.15) is 35.5 Å². The molecule has 0 radical (unpaired) electrons. The van der Waals surface area contributed by atoms with Crippen molar-refractivity contribution in [2.75, 3.05) is 6.61 Å². The molecule has 2 aromatic rings. The largest absolute Gasteiger partial charge is 0.493 e. The van der Waals surface area contributed by atoms with E-state index in [2.05, 4.69) is 49.4 Å². The van der Waals surface area contributed by atoms with Crippen molar-refractivity contribution in [3.63, 3.8) is 0 Å². The van der Waals surface area contributed by atoms with E-state index in [1.54, 1.807) is 0 Å². The molecule has 1 aromatic carbocycles. The van der Waals surface area contributed by atoms with Crippen molar-refractivity contribution in [3.05, 3.63) is 46.8 Å². The van der Waals surface area contributed by atoms with Gasteiger partial charge in [-0.05, 0) is 19.9 Å². The highest BCUT2D eigenvalue weighted by atomic mass is 16.5. The molecular formula is C17H23N3O. The van der Waals surface area contributed by atoms with E-state index in [0.29, 0.717) is 12.0 Å². The molecular weight excluding hydrogens is 262 g/mol. The minimum absolute atomic E-state index is 0.328. The Bertz CT molecular complexity index is 647. The van der Waals surface area contributed by atoms with Gasteiger partial charge in [0, 0.05) is 42.4 Å². The van der Waals surface area contributed by atoms with Gasteiger partial charge in [0.15, 0.2) is 0 Å². The van der Waals surface area contributed by atoms with Gasteiger partial charge in [-0.25, -0.2) is 0 Å². The summed E-state index contributed by atoms with van der Waals surface area (Å²) in [5, 5.41) is 8.20. The Morgan fingerprint density at radius 3 is 2.81 bits per heavy atom. The lowest BCUT2D eigenvalue weighted by molar-refractivity contribution is 0.188. The van der Waals surface area contributed by atoms with Gasteiger partial charge in [-0.15, -0.1) is 0 Å². The summed E-state index contributed by atoms with van der Waals surface area (Å²) in [7, 11) is 2.00. The van der Waals surface area contributed by atoms with Crippen LogP contribution in [0.15, 0.2) is 24.3 Å². The number of ether oxygens (including phenoxy) is 1. The first-order chi connectivity index (χ1) is 10.1. The molecule has 1 N–H and O–H groups in total. The lowest BCUT2D eigenvalue weighted by atomic mass is 9.92. The van der Waals surface area contributed by atoms with Gasteiger partial charge in [0.1, 0.15) is 5.75 Å². The topological polar surface area (TPSA) is 39.1 Å². The zero-order chi connectivity index (χ0) is 15.0. The van der Waals surface area contributed by atoms with Crippen LogP contribution in [0.25, 0.3) is 0 Å². The Labute approximate surface area is 126 Å². The van der Waals surface area contributed by atoms with E-state index in [-0.39, 0.29) is 0 Å². The first-order valence-electron chi connectivity index (χ1n) is 7.52. The smallest absolute Gasteiger partial charge is 0.124 e. The molecule has 4 nitrogen and oxygen atoms in total. The quantitative estimate of drug-likeness (QED) is 0.942. The zero-order valence-electron chi connectivity index (χ0n) is 13.2. The van der Waals surface area contributed by atoms with Crippen molar-refractivity contribution in [3.8, 4) is 5.75 Å². The van der Waals surface area contributed by atoms with Gasteiger partial charge < -0.3 is 10.1 Å². The second-order valence-corrected chi connectivity index (χ2v) is 5.96. The SMILES string of the molecule is Cc1nn(C)c(C)c1CNC1c2ccccc2OCC1C. The molecule has 2 atom stereocenters. The molecule has 0 saturated carbocycles. The number of aromatic nitrogens is 2. The maximum atomic E-state index is 5.81. The van der Waals surface area contributed by atoms with Crippen molar-refractivity contribution >= 4 is 0 Å². The molecule has 1 aliphatic heterocycles. The van der Waals surface area contributed by atoms with E-state index in [1.165, 1.54) is 16.8 Å². The Balaban J connectivity index is 1.81. The molecule has 21 heavy (non-hydrogen) atoms. The van der Waals surface area contributed by atoms with Gasteiger partial charge in [-0.2, -0.15) is 5.10 Å². The number of nitrogens with zero attached hydrogens (tertiary/aromatic N) is 2. The van der Waals surface area contributed by atoms with Crippen molar-refractivity contribution < 1.29 is 4.74 Å². The minimum atomic E-state index is 0.328. The summed E-state index contributed by atoms with van der Waals surface area (Å²) in [6.45, 7) is 8.04. The predicted octanol–water partition coefficient (Wildman–Crippen LogP) is 2.90. The number of rotatable bonds is 3. The summed E-state index contributed by atoms with van der Waals surface area (Å²) in [6, 6.07) is 8.65. The standard InChI is InChI=1S/C17H23N3O/c1-11-10-21-16-8-6-5-7-14(16)17(11)18-9-15-12(2)19-20(4)13(15)3/h5-8,11,17-18H,9-10H2,1-4H3. The Morgan fingerprint density at radius 2 is 2.10 bits per heavy atom. The minimum Gasteiger partial charge on any atom is -0.493 e. The average Bonchev–Trinajstić information content (AvgIpc) is 2.72. The molecule has 0 spiro atoms. The lowest BCUT2D eigenvalue weighted by Crippen LogP contribution is -2.33. The summed E-state index contributed by atoms with van der Waals surface area (Å²) in [4.78, 5) is 0. The first-order valence-corrected chi connectivity index (χ1v) is 7.52. The van der Waals surface area contributed by atoms with E-state index in [0.717, 1.165) is 24.6 Å². The summed E-state index contributed by atoms with van der Waals surface area (Å²) < 4.78 is 7.77. The molecule has 0 fully saturated rings. The van der Waals surface area contributed by atoms with Crippen LogP contribution in [0.5, 0.6) is 5.75 Å². The number of para-hydroxylation sites is 1. The van der Waals surface area contributed by atoms with Crippen molar-refractivity contribution in [1.82, 2.24) is 15.1 Å². The average molecular weight is 285 g/mol. The summed E-state index contributed by atoms with van der Waals surface area (Å²) in [5.41, 5.74) is 4.90. The third-order valence-corrected chi connectivity index (χ3v) is 4.48. The van der Waals surface area contributed by atoms with Gasteiger partial charge >= 0.3 is 0 Å². The second kappa shape index (κ2) is 5.53. The van der Waals surface area contributed by atoms with Gasteiger partial charge in [0.25, 0.3) is 0 Å². The van der Waals surface area contributed by atoms with Crippen LogP contribution in [0, 0.1) is 19.8 Å². The molecule has 2 unspecified atom stereocenters. The van der Waals surface area contributed by atoms with Gasteiger partial charge in [-0.3, -0.25) is 4.68 Å². The van der Waals surface area contributed by atoms with Gasteiger partial charge in [-0.1, -0.05) is 25.1 Å². The number of aryl methyl sites for hydroxylation is 2. The fourth-order valence-electron chi connectivity index (χ4n) is 3.09. The van der Waals surface area contributed by atoms with Crippen molar-refractivity contribution in [2.24, 2.45) is 13.0 Å². The van der Waals surface area contributed by atoms with Crippen LogP contribution < -0.4 is 10.1 Å². The maximum Gasteiger partial charge on any atom is 0.124 e. The summed E-state index contributed by atoms with van der Waals surface area (Å²) >= 11 is 0. The number of fused-ring (bicyclic) bond motifs is 1. The van der Waals surface area contributed by atoms with Gasteiger partial charge in [0.05, 0.1) is 12.3 Å². The van der Waals surface area contributed by atoms with Crippen LogP contribution in [-0.4, -0.2) is 16.4 Å². The summed E-state index contributed by atoms with van der Waals surface area (Å²) in [5.74, 6) is 1.46. The highest BCUT2D eigenvalue weighted by Gasteiger charge is 2.27. The van der Waals surface area contributed by atoms with Crippen molar-refractivity contribution in [2.45, 2.75) is 33.4 Å². The molecule has 0 aliphatic carbocycles. The van der Waals surface area contributed by atoms with Crippen LogP contribution in [0.3, 0.4) is 0 Å². The van der Waals surface area contributed by atoms with Crippen LogP contribution in [0.4, 0.5) is 0 Å². The molecule has 3 rings (SSSR count). The second-order valence-electron chi connectivity index (χ2n) is 5.96. The molecule has 0 saturated heterocycles. The molecule has 1 aromatic heterocycles. The number of hydrogen-bond acceptors (Lipinski definition) is 3. The highest BCUT2D eigenvalue weighted by molar-refractivity contribution is 5.38. The summed E-state index contributed by atoms with van der Waals surface area (Å²) in [6.07, 6.45) is 0. The Hall–Kier alpha value is -1.81. The maximum absolute atomic E-state index is 5.81. The first kappa shape index (κ1) is 14.1. The highest BCUT2D eigenvalue weighted by Crippen LogP contribution is 2.35. The Morgan fingerprint density at radius 1 is 1.33 bits per heavy atom. The molecule has 4 heteroatoms. The normalized spacial score (nSPS) is 21.0. The zero-order valence-corrected chi connectivity index (χ0v) is 13.2. The van der Waals surface area contributed by atoms with Crippen LogP contribution >= 0.6 is 0 Å². The predicted molar refractivity (Wildman–Crippen MR) is 83.4 cm³/mol. The van der Waals surface area contributed by atoms with Crippen molar-refractivity contribution in [1.29, 1.82) is 0 Å². The third-order valence-electron chi connectivity index (χ3n) is 4.48. The van der Waals surface area contributed by atoms with E-state index in [4.69, 9.17) is 4.74 Å². The van der Waals surface area contributed by atoms with E-state index in [1.807, 2.05) is 17.8 Å². The molecule has 1 aliphatic rings. The van der Waals surface area contributed by atoms with E-state index in [9.17, 15) is 0 Å².